The van der Waals surface area contributed by atoms with E-state index in [0.29, 0.717) is 5.56 Å². The lowest BCUT2D eigenvalue weighted by Crippen LogP contribution is -2.23. The first-order chi connectivity index (χ1) is 10.4. The predicted molar refractivity (Wildman–Crippen MR) is 79.1 cm³/mol. The van der Waals surface area contributed by atoms with Crippen molar-refractivity contribution in [3.63, 3.8) is 0 Å². The molecule has 118 valence electrons. The summed E-state index contributed by atoms with van der Waals surface area (Å²) in [6, 6.07) is 8.94. The minimum Gasteiger partial charge on any atom is -0.299 e. The van der Waals surface area contributed by atoms with Crippen LogP contribution in [0.1, 0.15) is 44.1 Å². The van der Waals surface area contributed by atoms with Gasteiger partial charge in [-0.2, -0.15) is 13.2 Å². The molecule has 0 aromatic heterocycles. The van der Waals surface area contributed by atoms with Gasteiger partial charge in [-0.15, -0.1) is 0 Å². The van der Waals surface area contributed by atoms with Crippen molar-refractivity contribution < 1.29 is 18.0 Å². The molecule has 0 saturated heterocycles. The molecule has 0 N–H and O–H groups in total. The van der Waals surface area contributed by atoms with Crippen LogP contribution in [0.25, 0.3) is 0 Å². The molecule has 0 amide bonds. The third kappa shape index (κ3) is 5.55. The minimum atomic E-state index is -4.25. The van der Waals surface area contributed by atoms with Crippen molar-refractivity contribution >= 4 is 5.78 Å². The Labute approximate surface area is 128 Å². The first kappa shape index (κ1) is 16.6. The topological polar surface area (TPSA) is 17.1 Å². The molecule has 1 unspecified atom stereocenters. The van der Waals surface area contributed by atoms with Gasteiger partial charge in [0, 0.05) is 23.8 Å². The fourth-order valence-electron chi connectivity index (χ4n) is 2.46. The number of ketones is 1. The Morgan fingerprint density at radius 3 is 2.45 bits per heavy atom. The fourth-order valence-corrected chi connectivity index (χ4v) is 2.46. The monoisotopic (exact) mass is 308 g/mol. The Morgan fingerprint density at radius 1 is 1.23 bits per heavy atom. The van der Waals surface area contributed by atoms with Gasteiger partial charge in [0.25, 0.3) is 0 Å². The van der Waals surface area contributed by atoms with Crippen LogP contribution in [0, 0.1) is 23.7 Å². The summed E-state index contributed by atoms with van der Waals surface area (Å²) in [5, 5.41) is 0. The molecule has 0 spiro atoms. The van der Waals surface area contributed by atoms with Crippen molar-refractivity contribution in [1.82, 2.24) is 0 Å². The molecule has 1 aromatic carbocycles. The molecule has 1 atom stereocenters. The molecule has 0 radical (unpaired) electrons. The molecule has 1 saturated carbocycles. The van der Waals surface area contributed by atoms with Crippen LogP contribution in [0.2, 0.25) is 0 Å². The van der Waals surface area contributed by atoms with Gasteiger partial charge in [-0.05, 0) is 31.4 Å². The number of carbonyl (C=O) groups excluding carboxylic acids is 1. The molecule has 4 heteroatoms. The van der Waals surface area contributed by atoms with Gasteiger partial charge in [0.1, 0.15) is 5.78 Å². The molecule has 0 aliphatic heterocycles. The second kappa shape index (κ2) is 7.49. The lowest BCUT2D eigenvalue weighted by Gasteiger charge is -2.24. The Hall–Kier alpha value is -1.76. The quantitative estimate of drug-likeness (QED) is 0.717. The third-order valence-electron chi connectivity index (χ3n) is 3.97. The maximum Gasteiger partial charge on any atom is 0.390 e. The summed E-state index contributed by atoms with van der Waals surface area (Å²) >= 11 is 0. The van der Waals surface area contributed by atoms with Crippen molar-refractivity contribution in [2.24, 2.45) is 11.8 Å². The Morgan fingerprint density at radius 2 is 1.91 bits per heavy atom. The van der Waals surface area contributed by atoms with E-state index in [0.717, 1.165) is 19.3 Å². The molecule has 0 bridgehead atoms. The van der Waals surface area contributed by atoms with Crippen LogP contribution >= 0.6 is 0 Å². The van der Waals surface area contributed by atoms with Crippen LogP contribution in [0.15, 0.2) is 30.3 Å². The van der Waals surface area contributed by atoms with E-state index in [9.17, 15) is 18.0 Å². The third-order valence-corrected chi connectivity index (χ3v) is 3.97. The van der Waals surface area contributed by atoms with Crippen LogP contribution < -0.4 is 0 Å². The van der Waals surface area contributed by atoms with Crippen molar-refractivity contribution in [2.75, 3.05) is 0 Å². The van der Waals surface area contributed by atoms with Gasteiger partial charge in [-0.1, -0.05) is 36.5 Å². The number of rotatable bonds is 5. The summed E-state index contributed by atoms with van der Waals surface area (Å²) in [4.78, 5) is 11.8. The van der Waals surface area contributed by atoms with Crippen LogP contribution in [0.3, 0.4) is 0 Å². The van der Waals surface area contributed by atoms with E-state index >= 15 is 0 Å². The molecule has 1 nitrogen and oxygen atoms in total. The van der Waals surface area contributed by atoms with Gasteiger partial charge >= 0.3 is 6.18 Å². The van der Waals surface area contributed by atoms with Crippen LogP contribution in [-0.2, 0) is 4.79 Å². The zero-order chi connectivity index (χ0) is 16.0. The van der Waals surface area contributed by atoms with E-state index < -0.39 is 18.5 Å². The second-order valence-electron chi connectivity index (χ2n) is 5.78. The molecule has 0 heterocycles. The smallest absolute Gasteiger partial charge is 0.299 e. The summed E-state index contributed by atoms with van der Waals surface area (Å²) in [6.45, 7) is 0. The summed E-state index contributed by atoms with van der Waals surface area (Å²) in [5.74, 6) is 4.85. The van der Waals surface area contributed by atoms with Gasteiger partial charge in [0.2, 0.25) is 0 Å². The Balaban J connectivity index is 1.96. The zero-order valence-corrected chi connectivity index (χ0v) is 12.3. The molecule has 1 fully saturated rings. The Bertz CT molecular complexity index is 547. The summed E-state index contributed by atoms with van der Waals surface area (Å²) in [6.07, 6.45) is -1.99. The van der Waals surface area contributed by atoms with Gasteiger partial charge in [0.15, 0.2) is 0 Å². The standard InChI is InChI=1S/C18H19F3O/c19-18(20,21)13-15(10-9-14-5-2-1-3-6-14)11-12-17(22)16-7-4-8-16/h1-3,5-6,15-16H,4,7-8,11-13H2. The van der Waals surface area contributed by atoms with Crippen LogP contribution in [-0.4, -0.2) is 12.0 Å². The van der Waals surface area contributed by atoms with Crippen molar-refractivity contribution in [1.29, 1.82) is 0 Å². The molecule has 22 heavy (non-hydrogen) atoms. The van der Waals surface area contributed by atoms with Crippen molar-refractivity contribution in [2.45, 2.75) is 44.7 Å². The van der Waals surface area contributed by atoms with E-state index in [1.165, 1.54) is 0 Å². The van der Waals surface area contributed by atoms with E-state index in [1.54, 1.807) is 24.3 Å². The summed E-state index contributed by atoms with van der Waals surface area (Å²) < 4.78 is 37.9. The minimum absolute atomic E-state index is 0.0774. The maximum atomic E-state index is 12.6. The molecular formula is C18H19F3O. The number of alkyl halides is 3. The highest BCUT2D eigenvalue weighted by molar-refractivity contribution is 5.81. The van der Waals surface area contributed by atoms with E-state index in [2.05, 4.69) is 11.8 Å². The van der Waals surface area contributed by atoms with Crippen molar-refractivity contribution in [3.05, 3.63) is 35.9 Å². The predicted octanol–water partition coefficient (Wildman–Crippen LogP) is 4.76. The largest absolute Gasteiger partial charge is 0.390 e. The van der Waals surface area contributed by atoms with Gasteiger partial charge in [-0.25, -0.2) is 0 Å². The summed E-state index contributed by atoms with van der Waals surface area (Å²) in [7, 11) is 0. The fraction of sp³-hybridized carbons (Fsp3) is 0.500. The first-order valence-corrected chi connectivity index (χ1v) is 7.60. The highest BCUT2D eigenvalue weighted by atomic mass is 19.4. The van der Waals surface area contributed by atoms with E-state index in [1.807, 2.05) is 6.07 Å². The molecule has 2 rings (SSSR count). The average molecular weight is 308 g/mol. The zero-order valence-electron chi connectivity index (χ0n) is 12.3. The van der Waals surface area contributed by atoms with E-state index in [4.69, 9.17) is 0 Å². The Kier molecular flexibility index (Phi) is 5.65. The number of carbonyl (C=O) groups is 1. The number of Topliss-reactive ketones (excluding diaryl/α,β-unsaturated/α-hetero) is 1. The average Bonchev–Trinajstić information content (AvgIpc) is 2.40. The second-order valence-corrected chi connectivity index (χ2v) is 5.78. The molecule has 1 aliphatic carbocycles. The molecule has 1 aliphatic rings. The number of halogens is 3. The number of benzene rings is 1. The van der Waals surface area contributed by atoms with Gasteiger partial charge < -0.3 is 0 Å². The van der Waals surface area contributed by atoms with Crippen LogP contribution in [0.4, 0.5) is 13.2 Å². The highest BCUT2D eigenvalue weighted by Gasteiger charge is 2.32. The number of hydrogen-bond donors (Lipinski definition) is 0. The lowest BCUT2D eigenvalue weighted by molar-refractivity contribution is -0.142. The SMILES string of the molecule is O=C(CCC(C#Cc1ccccc1)CC(F)(F)F)C1CCC1. The molecule has 1 aromatic rings. The first-order valence-electron chi connectivity index (χ1n) is 7.60. The van der Waals surface area contributed by atoms with E-state index in [-0.39, 0.29) is 24.5 Å². The number of hydrogen-bond acceptors (Lipinski definition) is 1. The van der Waals surface area contributed by atoms with Gasteiger partial charge in [0.05, 0.1) is 6.42 Å². The highest BCUT2D eigenvalue weighted by Crippen LogP contribution is 2.31. The maximum absolute atomic E-state index is 12.6. The van der Waals surface area contributed by atoms with Crippen molar-refractivity contribution in [3.8, 4) is 11.8 Å². The molecular weight excluding hydrogens is 289 g/mol. The lowest BCUT2D eigenvalue weighted by atomic mass is 9.80. The van der Waals surface area contributed by atoms with Gasteiger partial charge in [-0.3, -0.25) is 4.79 Å². The normalized spacial score (nSPS) is 16.3. The summed E-state index contributed by atoms with van der Waals surface area (Å²) in [5.41, 5.74) is 0.694. The van der Waals surface area contributed by atoms with Crippen LogP contribution in [0.5, 0.6) is 0 Å².